The highest BCUT2D eigenvalue weighted by atomic mass is 32.2. The van der Waals surface area contributed by atoms with Crippen molar-refractivity contribution in [3.05, 3.63) is 60.2 Å². The summed E-state index contributed by atoms with van der Waals surface area (Å²) in [4.78, 5) is 11.3. The van der Waals surface area contributed by atoms with Gasteiger partial charge < -0.3 is 9.29 Å². The fourth-order valence-corrected chi connectivity index (χ4v) is 3.10. The van der Waals surface area contributed by atoms with Crippen molar-refractivity contribution in [1.82, 2.24) is 0 Å². The minimum absolute atomic E-state index is 0.0215. The Morgan fingerprint density at radius 1 is 1.09 bits per heavy atom. The molecular weight excluding hydrogens is 304 g/mol. The van der Waals surface area contributed by atoms with Crippen molar-refractivity contribution >= 4 is 16.1 Å². The number of hydrogen-bond donors (Lipinski definition) is 1. The Bertz CT molecular complexity index is 753. The summed E-state index contributed by atoms with van der Waals surface area (Å²) in [6, 6.07) is 14.0. The van der Waals surface area contributed by atoms with Crippen LogP contribution in [0.3, 0.4) is 0 Å². The van der Waals surface area contributed by atoms with E-state index in [4.69, 9.17) is 4.18 Å². The maximum absolute atomic E-state index is 12.3. The van der Waals surface area contributed by atoms with Crippen molar-refractivity contribution in [3.63, 3.8) is 0 Å². The minimum atomic E-state index is -4.00. The Morgan fingerprint density at radius 3 is 2.27 bits per heavy atom. The maximum atomic E-state index is 12.3. The van der Waals surface area contributed by atoms with E-state index in [1.54, 1.807) is 43.3 Å². The number of para-hydroxylation sites is 1. The van der Waals surface area contributed by atoms with Crippen LogP contribution in [-0.2, 0) is 14.9 Å². The second kappa shape index (κ2) is 6.62. The molecule has 0 fully saturated rings. The zero-order valence-corrected chi connectivity index (χ0v) is 12.8. The molecule has 0 amide bonds. The van der Waals surface area contributed by atoms with Gasteiger partial charge in [-0.1, -0.05) is 43.3 Å². The highest BCUT2D eigenvalue weighted by Crippen LogP contribution is 2.31. The Hall–Kier alpha value is -2.34. The van der Waals surface area contributed by atoms with Gasteiger partial charge in [-0.25, -0.2) is 0 Å². The molecule has 0 aliphatic heterocycles. The second-order valence-corrected chi connectivity index (χ2v) is 6.23. The largest absolute Gasteiger partial charge is 0.481 e. The molecule has 0 spiro atoms. The van der Waals surface area contributed by atoms with E-state index in [0.29, 0.717) is 12.0 Å². The van der Waals surface area contributed by atoms with Crippen LogP contribution in [0.2, 0.25) is 0 Å². The van der Waals surface area contributed by atoms with Crippen LogP contribution in [0.25, 0.3) is 0 Å². The van der Waals surface area contributed by atoms with Gasteiger partial charge in [-0.2, -0.15) is 8.42 Å². The fraction of sp³-hybridized carbons (Fsp3) is 0.188. The van der Waals surface area contributed by atoms with Crippen molar-refractivity contribution in [2.24, 2.45) is 0 Å². The molecule has 2 aromatic rings. The third kappa shape index (κ3) is 3.46. The van der Waals surface area contributed by atoms with E-state index >= 15 is 0 Å². The lowest BCUT2D eigenvalue weighted by atomic mass is 9.96. The molecule has 1 unspecified atom stereocenters. The minimum Gasteiger partial charge on any atom is -0.481 e. The van der Waals surface area contributed by atoms with Gasteiger partial charge in [0.15, 0.2) is 0 Å². The molecule has 0 bridgehead atoms. The third-order valence-corrected chi connectivity index (χ3v) is 4.48. The summed E-state index contributed by atoms with van der Waals surface area (Å²) in [7, 11) is -4.00. The summed E-state index contributed by atoms with van der Waals surface area (Å²) in [6.45, 7) is 1.72. The zero-order valence-electron chi connectivity index (χ0n) is 12.0. The first-order valence-corrected chi connectivity index (χ1v) is 8.17. The number of rotatable bonds is 6. The van der Waals surface area contributed by atoms with Crippen molar-refractivity contribution in [2.75, 3.05) is 0 Å². The molecule has 0 heterocycles. The van der Waals surface area contributed by atoms with E-state index in [0.717, 1.165) is 0 Å². The number of carboxylic acids is 1. The van der Waals surface area contributed by atoms with E-state index in [2.05, 4.69) is 0 Å². The van der Waals surface area contributed by atoms with Crippen LogP contribution in [0.4, 0.5) is 0 Å². The van der Waals surface area contributed by atoms with Gasteiger partial charge in [-0.15, -0.1) is 0 Å². The van der Waals surface area contributed by atoms with E-state index in [9.17, 15) is 18.3 Å². The third-order valence-electron chi connectivity index (χ3n) is 3.23. The molecule has 22 heavy (non-hydrogen) atoms. The smallest absolute Gasteiger partial charge is 0.339 e. The van der Waals surface area contributed by atoms with Crippen LogP contribution in [-0.4, -0.2) is 19.5 Å². The summed E-state index contributed by atoms with van der Waals surface area (Å²) >= 11 is 0. The van der Waals surface area contributed by atoms with Gasteiger partial charge in [-0.05, 0) is 24.6 Å². The average Bonchev–Trinajstić information content (AvgIpc) is 2.50. The van der Waals surface area contributed by atoms with E-state index in [-0.39, 0.29) is 10.6 Å². The molecule has 0 radical (unpaired) electrons. The first kappa shape index (κ1) is 16.0. The average molecular weight is 320 g/mol. The van der Waals surface area contributed by atoms with Gasteiger partial charge in [0.25, 0.3) is 0 Å². The van der Waals surface area contributed by atoms with E-state index in [1.807, 2.05) is 0 Å². The number of aliphatic carboxylic acids is 1. The standard InChI is InChI=1S/C16H16O5S/c1-2-13(16(17)18)14-10-6-7-11-15(14)21-22(19,20)12-8-4-3-5-9-12/h3-11,13H,2H2,1H3,(H,17,18). The summed E-state index contributed by atoms with van der Waals surface area (Å²) in [6.07, 6.45) is 0.334. The first-order chi connectivity index (χ1) is 10.5. The molecule has 0 saturated heterocycles. The fourth-order valence-electron chi connectivity index (χ4n) is 2.13. The summed E-state index contributed by atoms with van der Waals surface area (Å²) in [5.41, 5.74) is 0.344. The van der Waals surface area contributed by atoms with Crippen molar-refractivity contribution in [1.29, 1.82) is 0 Å². The molecule has 0 aromatic heterocycles. The van der Waals surface area contributed by atoms with Crippen LogP contribution in [0.1, 0.15) is 24.8 Å². The molecule has 2 aromatic carbocycles. The van der Waals surface area contributed by atoms with Gasteiger partial charge in [0, 0.05) is 5.56 Å². The molecule has 6 heteroatoms. The van der Waals surface area contributed by atoms with Crippen molar-refractivity contribution in [2.45, 2.75) is 24.2 Å². The Kier molecular flexibility index (Phi) is 4.82. The van der Waals surface area contributed by atoms with Crippen molar-refractivity contribution < 1.29 is 22.5 Å². The molecule has 5 nitrogen and oxygen atoms in total. The Balaban J connectivity index is 2.41. The predicted octanol–water partition coefficient (Wildman–Crippen LogP) is 3.03. The highest BCUT2D eigenvalue weighted by Gasteiger charge is 2.24. The van der Waals surface area contributed by atoms with E-state index < -0.39 is 22.0 Å². The van der Waals surface area contributed by atoms with Gasteiger partial charge in [0.1, 0.15) is 10.6 Å². The molecule has 116 valence electrons. The van der Waals surface area contributed by atoms with Crippen molar-refractivity contribution in [3.8, 4) is 5.75 Å². The monoisotopic (exact) mass is 320 g/mol. The molecule has 1 atom stereocenters. The topological polar surface area (TPSA) is 80.7 Å². The summed E-state index contributed by atoms with van der Waals surface area (Å²) < 4.78 is 29.7. The second-order valence-electron chi connectivity index (χ2n) is 4.69. The lowest BCUT2D eigenvalue weighted by molar-refractivity contribution is -0.138. The van der Waals surface area contributed by atoms with Crippen LogP contribution >= 0.6 is 0 Å². The lowest BCUT2D eigenvalue weighted by Gasteiger charge is -2.15. The van der Waals surface area contributed by atoms with Gasteiger partial charge in [0.05, 0.1) is 5.92 Å². The number of benzene rings is 2. The summed E-state index contributed by atoms with van der Waals surface area (Å²) in [5, 5.41) is 9.26. The quantitative estimate of drug-likeness (QED) is 0.827. The van der Waals surface area contributed by atoms with E-state index in [1.165, 1.54) is 18.2 Å². The molecule has 0 saturated carbocycles. The Morgan fingerprint density at radius 2 is 1.68 bits per heavy atom. The maximum Gasteiger partial charge on any atom is 0.339 e. The Labute approximate surface area is 129 Å². The molecule has 0 aliphatic carbocycles. The van der Waals surface area contributed by atoms with Crippen LogP contribution in [0.5, 0.6) is 5.75 Å². The summed E-state index contributed by atoms with van der Waals surface area (Å²) in [5.74, 6) is -1.79. The number of carbonyl (C=O) groups is 1. The lowest BCUT2D eigenvalue weighted by Crippen LogP contribution is -2.15. The highest BCUT2D eigenvalue weighted by molar-refractivity contribution is 7.87. The molecule has 1 N–H and O–H groups in total. The normalized spacial score (nSPS) is 12.6. The molecule has 0 aliphatic rings. The zero-order chi connectivity index (χ0) is 16.2. The van der Waals surface area contributed by atoms with Gasteiger partial charge in [0.2, 0.25) is 0 Å². The number of carboxylic acid groups (broad SMARTS) is 1. The molecular formula is C16H16O5S. The van der Waals surface area contributed by atoms with Gasteiger partial charge in [-0.3, -0.25) is 4.79 Å². The molecule has 2 rings (SSSR count). The van der Waals surface area contributed by atoms with Crippen LogP contribution < -0.4 is 4.18 Å². The SMILES string of the molecule is CCC(C(=O)O)c1ccccc1OS(=O)(=O)c1ccccc1. The first-order valence-electron chi connectivity index (χ1n) is 6.77. The number of hydrogen-bond acceptors (Lipinski definition) is 4. The predicted molar refractivity (Wildman–Crippen MR) is 81.4 cm³/mol. The van der Waals surface area contributed by atoms with Crippen LogP contribution in [0, 0.1) is 0 Å². The van der Waals surface area contributed by atoms with Gasteiger partial charge >= 0.3 is 16.1 Å². The van der Waals surface area contributed by atoms with Crippen LogP contribution in [0.15, 0.2) is 59.5 Å².